The molecule has 5 heteroatoms. The standard InChI is InChI=1S/C17H27ClN2O2/c1-5-15(6-2)19-17(21)13(3)20(4)10-11-22-16-9-7-8-14(18)12-16/h7-9,12-13,15H,5-6,10-11H2,1-4H3,(H,19,21). The van der Waals surface area contributed by atoms with Crippen LogP contribution in [0.5, 0.6) is 5.75 Å². The molecule has 0 saturated carbocycles. The van der Waals surface area contributed by atoms with Gasteiger partial charge in [-0.05, 0) is 45.0 Å². The molecule has 0 heterocycles. The van der Waals surface area contributed by atoms with Crippen LogP contribution in [0.4, 0.5) is 0 Å². The van der Waals surface area contributed by atoms with Crippen LogP contribution in [-0.4, -0.2) is 43.1 Å². The van der Waals surface area contributed by atoms with Crippen LogP contribution in [0.25, 0.3) is 0 Å². The zero-order chi connectivity index (χ0) is 16.5. The second-order valence-corrected chi connectivity index (χ2v) is 5.92. The minimum absolute atomic E-state index is 0.0685. The highest BCUT2D eigenvalue weighted by Gasteiger charge is 2.19. The predicted molar refractivity (Wildman–Crippen MR) is 91.6 cm³/mol. The van der Waals surface area contributed by atoms with Gasteiger partial charge in [0.1, 0.15) is 12.4 Å². The molecule has 1 amide bonds. The molecule has 1 unspecified atom stereocenters. The Morgan fingerprint density at radius 2 is 2.05 bits per heavy atom. The summed E-state index contributed by atoms with van der Waals surface area (Å²) in [6, 6.07) is 7.40. The molecule has 0 aromatic heterocycles. The Balaban J connectivity index is 2.37. The van der Waals surface area contributed by atoms with Gasteiger partial charge in [-0.15, -0.1) is 0 Å². The van der Waals surface area contributed by atoms with Crippen LogP contribution in [-0.2, 0) is 4.79 Å². The Kier molecular flexibility index (Phi) is 8.28. The highest BCUT2D eigenvalue weighted by atomic mass is 35.5. The maximum atomic E-state index is 12.2. The smallest absolute Gasteiger partial charge is 0.237 e. The Hall–Kier alpha value is -1.26. The van der Waals surface area contributed by atoms with E-state index in [1.54, 1.807) is 6.07 Å². The van der Waals surface area contributed by atoms with Crippen molar-refractivity contribution in [2.45, 2.75) is 45.7 Å². The predicted octanol–water partition coefficient (Wildman–Crippen LogP) is 3.34. The highest BCUT2D eigenvalue weighted by molar-refractivity contribution is 6.30. The lowest BCUT2D eigenvalue weighted by atomic mass is 10.1. The van der Waals surface area contributed by atoms with Crippen LogP contribution in [0.2, 0.25) is 5.02 Å². The van der Waals surface area contributed by atoms with Gasteiger partial charge in [0.25, 0.3) is 0 Å². The number of hydrogen-bond donors (Lipinski definition) is 1. The van der Waals surface area contributed by atoms with E-state index in [0.717, 1.165) is 18.6 Å². The molecule has 0 aliphatic rings. The number of halogens is 1. The summed E-state index contributed by atoms with van der Waals surface area (Å²) in [5.41, 5.74) is 0. The molecular weight excluding hydrogens is 300 g/mol. The normalized spacial score (nSPS) is 12.5. The molecule has 1 aromatic rings. The summed E-state index contributed by atoms with van der Waals surface area (Å²) >= 11 is 5.91. The molecule has 0 aliphatic carbocycles. The van der Waals surface area contributed by atoms with Crippen LogP contribution >= 0.6 is 11.6 Å². The fourth-order valence-electron chi connectivity index (χ4n) is 2.07. The van der Waals surface area contributed by atoms with Gasteiger partial charge < -0.3 is 10.1 Å². The maximum Gasteiger partial charge on any atom is 0.237 e. The molecule has 1 aromatic carbocycles. The number of ether oxygens (including phenoxy) is 1. The fraction of sp³-hybridized carbons (Fsp3) is 0.588. The summed E-state index contributed by atoms with van der Waals surface area (Å²) < 4.78 is 5.65. The first-order chi connectivity index (χ1) is 10.5. The van der Waals surface area contributed by atoms with Crippen molar-refractivity contribution in [1.82, 2.24) is 10.2 Å². The van der Waals surface area contributed by atoms with Gasteiger partial charge >= 0.3 is 0 Å². The van der Waals surface area contributed by atoms with Crippen LogP contribution in [0, 0.1) is 0 Å². The topological polar surface area (TPSA) is 41.6 Å². The Labute approximate surface area is 138 Å². The first-order valence-corrected chi connectivity index (χ1v) is 8.24. The van der Waals surface area contributed by atoms with Gasteiger partial charge in [0, 0.05) is 17.6 Å². The van der Waals surface area contributed by atoms with Gasteiger partial charge in [-0.2, -0.15) is 0 Å². The third-order valence-electron chi connectivity index (χ3n) is 3.88. The summed E-state index contributed by atoms with van der Waals surface area (Å²) in [4.78, 5) is 14.2. The molecule has 22 heavy (non-hydrogen) atoms. The average molecular weight is 327 g/mol. The van der Waals surface area contributed by atoms with Gasteiger partial charge in [-0.25, -0.2) is 0 Å². The molecule has 1 N–H and O–H groups in total. The van der Waals surface area contributed by atoms with E-state index in [1.807, 2.05) is 37.1 Å². The zero-order valence-corrected chi connectivity index (χ0v) is 14.7. The fourth-order valence-corrected chi connectivity index (χ4v) is 2.25. The quantitative estimate of drug-likeness (QED) is 0.756. The summed E-state index contributed by atoms with van der Waals surface area (Å²) in [6.45, 7) is 7.27. The molecule has 0 spiro atoms. The first-order valence-electron chi connectivity index (χ1n) is 7.86. The molecular formula is C17H27ClN2O2. The van der Waals surface area contributed by atoms with Crippen molar-refractivity contribution in [2.24, 2.45) is 0 Å². The van der Waals surface area contributed by atoms with Crippen molar-refractivity contribution in [3.63, 3.8) is 0 Å². The van der Waals surface area contributed by atoms with E-state index in [-0.39, 0.29) is 18.0 Å². The Morgan fingerprint density at radius 1 is 1.36 bits per heavy atom. The van der Waals surface area contributed by atoms with E-state index in [0.29, 0.717) is 18.2 Å². The van der Waals surface area contributed by atoms with E-state index in [2.05, 4.69) is 19.2 Å². The second-order valence-electron chi connectivity index (χ2n) is 5.48. The van der Waals surface area contributed by atoms with Crippen LogP contribution < -0.4 is 10.1 Å². The minimum Gasteiger partial charge on any atom is -0.492 e. The van der Waals surface area contributed by atoms with Gasteiger partial charge in [0.05, 0.1) is 6.04 Å². The van der Waals surface area contributed by atoms with Gasteiger partial charge in [0.2, 0.25) is 5.91 Å². The van der Waals surface area contributed by atoms with E-state index in [4.69, 9.17) is 16.3 Å². The lowest BCUT2D eigenvalue weighted by Gasteiger charge is -2.26. The highest BCUT2D eigenvalue weighted by Crippen LogP contribution is 2.16. The molecule has 0 bridgehead atoms. The summed E-state index contributed by atoms with van der Waals surface area (Å²) in [5.74, 6) is 0.814. The summed E-state index contributed by atoms with van der Waals surface area (Å²) in [6.07, 6.45) is 1.91. The third kappa shape index (κ3) is 6.24. The summed E-state index contributed by atoms with van der Waals surface area (Å²) in [5, 5.41) is 3.73. The van der Waals surface area contributed by atoms with Gasteiger partial charge in [-0.1, -0.05) is 31.5 Å². The molecule has 1 atom stereocenters. The van der Waals surface area contributed by atoms with Crippen molar-refractivity contribution in [2.75, 3.05) is 20.2 Å². The number of benzene rings is 1. The lowest BCUT2D eigenvalue weighted by Crippen LogP contribution is -2.47. The van der Waals surface area contributed by atoms with Crippen molar-refractivity contribution in [1.29, 1.82) is 0 Å². The molecule has 4 nitrogen and oxygen atoms in total. The van der Waals surface area contributed by atoms with E-state index >= 15 is 0 Å². The maximum absolute atomic E-state index is 12.2. The average Bonchev–Trinajstić information content (AvgIpc) is 2.51. The molecule has 124 valence electrons. The number of rotatable bonds is 9. The minimum atomic E-state index is -0.177. The van der Waals surface area contributed by atoms with E-state index in [1.165, 1.54) is 0 Å². The van der Waals surface area contributed by atoms with E-state index in [9.17, 15) is 4.79 Å². The second kappa shape index (κ2) is 9.70. The van der Waals surface area contributed by atoms with Gasteiger partial charge in [0.15, 0.2) is 0 Å². The van der Waals surface area contributed by atoms with Gasteiger partial charge in [-0.3, -0.25) is 9.69 Å². The number of likely N-dealkylation sites (N-methyl/N-ethyl adjacent to an activating group) is 1. The molecule has 1 rings (SSSR count). The molecule has 0 saturated heterocycles. The van der Waals surface area contributed by atoms with Crippen LogP contribution in [0.1, 0.15) is 33.6 Å². The lowest BCUT2D eigenvalue weighted by molar-refractivity contribution is -0.126. The van der Waals surface area contributed by atoms with Crippen LogP contribution in [0.15, 0.2) is 24.3 Å². The molecule has 0 radical (unpaired) electrons. The van der Waals surface area contributed by atoms with Crippen molar-refractivity contribution in [3.8, 4) is 5.75 Å². The van der Waals surface area contributed by atoms with Crippen molar-refractivity contribution in [3.05, 3.63) is 29.3 Å². The first kappa shape index (κ1) is 18.8. The number of nitrogens with one attached hydrogen (secondary N) is 1. The monoisotopic (exact) mass is 326 g/mol. The number of amides is 1. The molecule has 0 fully saturated rings. The Morgan fingerprint density at radius 3 is 2.64 bits per heavy atom. The Bertz CT molecular complexity index is 464. The number of nitrogens with zero attached hydrogens (tertiary/aromatic N) is 1. The third-order valence-corrected chi connectivity index (χ3v) is 4.12. The van der Waals surface area contributed by atoms with Crippen molar-refractivity contribution < 1.29 is 9.53 Å². The summed E-state index contributed by atoms with van der Waals surface area (Å²) in [7, 11) is 1.93. The number of carbonyl (C=O) groups is 1. The van der Waals surface area contributed by atoms with Crippen molar-refractivity contribution >= 4 is 17.5 Å². The largest absolute Gasteiger partial charge is 0.492 e. The number of hydrogen-bond acceptors (Lipinski definition) is 3. The van der Waals surface area contributed by atoms with Crippen LogP contribution in [0.3, 0.4) is 0 Å². The van der Waals surface area contributed by atoms with E-state index < -0.39 is 0 Å². The zero-order valence-electron chi connectivity index (χ0n) is 13.9. The molecule has 0 aliphatic heterocycles. The number of carbonyl (C=O) groups excluding carboxylic acids is 1. The SMILES string of the molecule is CCC(CC)NC(=O)C(C)N(C)CCOc1cccc(Cl)c1.